The molecule has 1 N–H and O–H groups in total. The molecule has 0 unspecified atom stereocenters. The zero-order valence-electron chi connectivity index (χ0n) is 12.1. The van der Waals surface area contributed by atoms with Crippen molar-refractivity contribution < 1.29 is 23.0 Å². The molecule has 0 aliphatic heterocycles. The summed E-state index contributed by atoms with van der Waals surface area (Å²) in [4.78, 5) is 0. The van der Waals surface area contributed by atoms with Gasteiger partial charge in [-0.25, -0.2) is 8.42 Å². The molecule has 0 spiro atoms. The molecule has 0 radical (unpaired) electrons. The second-order valence-corrected chi connectivity index (χ2v) is 6.99. The first-order valence-corrected chi connectivity index (χ1v) is 8.41. The molecule has 1 aromatic carbocycles. The third kappa shape index (κ3) is 5.02. The number of aliphatic hydroxyl groups excluding tert-OH is 1. The predicted octanol–water partition coefficient (Wildman–Crippen LogP) is 1.95. The fourth-order valence-electron chi connectivity index (χ4n) is 1.72. The van der Waals surface area contributed by atoms with E-state index in [1.54, 1.807) is 39.2 Å². The molecule has 1 rings (SSSR count). The molecule has 1 atom stereocenters. The van der Waals surface area contributed by atoms with Crippen molar-refractivity contribution in [2.45, 2.75) is 26.4 Å². The molecule has 0 saturated carbocycles. The summed E-state index contributed by atoms with van der Waals surface area (Å²) in [6.45, 7) is 3.56. The van der Waals surface area contributed by atoms with Gasteiger partial charge in [0.25, 0.3) is 0 Å². The Hall–Kier alpha value is -1.27. The van der Waals surface area contributed by atoms with Gasteiger partial charge in [0.2, 0.25) is 0 Å². The number of aliphatic hydroxyl groups is 1. The standard InChI is InChI=1S/C14H22O5S/c1-4-20(16,17)9-5-8-19-14-10-12(18-3)6-7-13(14)11(2)15/h6-7,10-11,15H,4-5,8-9H2,1-3H3/t11-/m0/s1. The van der Waals surface area contributed by atoms with Crippen molar-refractivity contribution in [3.63, 3.8) is 0 Å². The van der Waals surface area contributed by atoms with Gasteiger partial charge in [0.1, 0.15) is 21.3 Å². The first-order valence-electron chi connectivity index (χ1n) is 6.59. The van der Waals surface area contributed by atoms with Crippen LogP contribution in [-0.4, -0.2) is 38.7 Å². The van der Waals surface area contributed by atoms with E-state index in [1.165, 1.54) is 0 Å². The maximum absolute atomic E-state index is 11.4. The first kappa shape index (κ1) is 16.8. The van der Waals surface area contributed by atoms with Gasteiger partial charge in [-0.2, -0.15) is 0 Å². The molecule has 0 bridgehead atoms. The second-order valence-electron chi connectivity index (χ2n) is 4.52. The Bertz CT molecular complexity index is 522. The van der Waals surface area contributed by atoms with E-state index < -0.39 is 15.9 Å². The molecule has 114 valence electrons. The Morgan fingerprint density at radius 2 is 2.05 bits per heavy atom. The van der Waals surface area contributed by atoms with Crippen LogP contribution in [0.3, 0.4) is 0 Å². The fourth-order valence-corrected chi connectivity index (χ4v) is 2.56. The number of rotatable bonds is 8. The predicted molar refractivity (Wildman–Crippen MR) is 78.1 cm³/mol. The van der Waals surface area contributed by atoms with Gasteiger partial charge in [-0.1, -0.05) is 6.92 Å². The molecule has 0 saturated heterocycles. The highest BCUT2D eigenvalue weighted by Crippen LogP contribution is 2.29. The number of methoxy groups -OCH3 is 1. The van der Waals surface area contributed by atoms with Crippen LogP contribution in [0.5, 0.6) is 11.5 Å². The SMILES string of the molecule is CCS(=O)(=O)CCCOc1cc(OC)ccc1[C@H](C)O. The average molecular weight is 302 g/mol. The molecule has 0 amide bonds. The number of hydrogen-bond donors (Lipinski definition) is 1. The molecule has 0 aliphatic carbocycles. The van der Waals surface area contributed by atoms with Gasteiger partial charge in [0.15, 0.2) is 0 Å². The minimum absolute atomic E-state index is 0.109. The lowest BCUT2D eigenvalue weighted by atomic mass is 10.1. The molecule has 6 heteroatoms. The van der Waals surface area contributed by atoms with Gasteiger partial charge in [-0.05, 0) is 25.5 Å². The molecule has 5 nitrogen and oxygen atoms in total. The van der Waals surface area contributed by atoms with Crippen molar-refractivity contribution in [2.24, 2.45) is 0 Å². The first-order chi connectivity index (χ1) is 9.39. The summed E-state index contributed by atoms with van der Waals surface area (Å²) >= 11 is 0. The lowest BCUT2D eigenvalue weighted by Gasteiger charge is -2.14. The van der Waals surface area contributed by atoms with Crippen molar-refractivity contribution in [3.05, 3.63) is 23.8 Å². The zero-order chi connectivity index (χ0) is 15.2. The monoisotopic (exact) mass is 302 g/mol. The van der Waals surface area contributed by atoms with E-state index in [9.17, 15) is 13.5 Å². The van der Waals surface area contributed by atoms with E-state index >= 15 is 0 Å². The van der Waals surface area contributed by atoms with Gasteiger partial charge in [-0.3, -0.25) is 0 Å². The zero-order valence-corrected chi connectivity index (χ0v) is 12.9. The third-order valence-corrected chi connectivity index (χ3v) is 4.76. The number of sulfone groups is 1. The van der Waals surface area contributed by atoms with Crippen molar-refractivity contribution >= 4 is 9.84 Å². The van der Waals surface area contributed by atoms with Crippen LogP contribution in [0.25, 0.3) is 0 Å². The maximum Gasteiger partial charge on any atom is 0.150 e. The second kappa shape index (κ2) is 7.50. The van der Waals surface area contributed by atoms with E-state index in [0.717, 1.165) is 0 Å². The molecule has 0 heterocycles. The normalized spacial score (nSPS) is 13.0. The van der Waals surface area contributed by atoms with Crippen LogP contribution in [0, 0.1) is 0 Å². The fraction of sp³-hybridized carbons (Fsp3) is 0.571. The van der Waals surface area contributed by atoms with Crippen LogP contribution >= 0.6 is 0 Å². The van der Waals surface area contributed by atoms with E-state index in [-0.39, 0.29) is 18.1 Å². The summed E-state index contributed by atoms with van der Waals surface area (Å²) in [7, 11) is -1.42. The average Bonchev–Trinajstić information content (AvgIpc) is 2.43. The molecule has 1 aromatic rings. The molecule has 20 heavy (non-hydrogen) atoms. The Morgan fingerprint density at radius 3 is 2.60 bits per heavy atom. The molecular weight excluding hydrogens is 280 g/mol. The number of benzene rings is 1. The number of ether oxygens (including phenoxy) is 2. The molecule has 0 fully saturated rings. The summed E-state index contributed by atoms with van der Waals surface area (Å²) in [6, 6.07) is 5.18. The summed E-state index contributed by atoms with van der Waals surface area (Å²) in [6.07, 6.45) is -0.234. The Morgan fingerprint density at radius 1 is 1.35 bits per heavy atom. The van der Waals surface area contributed by atoms with E-state index in [0.29, 0.717) is 23.5 Å². The largest absolute Gasteiger partial charge is 0.497 e. The van der Waals surface area contributed by atoms with E-state index in [4.69, 9.17) is 9.47 Å². The van der Waals surface area contributed by atoms with Crippen molar-refractivity contribution in [1.29, 1.82) is 0 Å². The van der Waals surface area contributed by atoms with Gasteiger partial charge in [-0.15, -0.1) is 0 Å². The van der Waals surface area contributed by atoms with E-state index in [2.05, 4.69) is 0 Å². The van der Waals surface area contributed by atoms with Gasteiger partial charge in [0, 0.05) is 17.4 Å². The summed E-state index contributed by atoms with van der Waals surface area (Å²) in [5.41, 5.74) is 0.657. The van der Waals surface area contributed by atoms with Gasteiger partial charge in [0.05, 0.1) is 25.6 Å². The third-order valence-electron chi connectivity index (χ3n) is 2.97. The quantitative estimate of drug-likeness (QED) is 0.743. The lowest BCUT2D eigenvalue weighted by Crippen LogP contribution is -2.12. The van der Waals surface area contributed by atoms with Crippen molar-refractivity contribution in [2.75, 3.05) is 25.2 Å². The molecule has 0 aromatic heterocycles. The maximum atomic E-state index is 11.4. The van der Waals surface area contributed by atoms with Crippen LogP contribution < -0.4 is 9.47 Å². The van der Waals surface area contributed by atoms with Crippen LogP contribution in [-0.2, 0) is 9.84 Å². The highest BCUT2D eigenvalue weighted by Gasteiger charge is 2.12. The van der Waals surface area contributed by atoms with Crippen LogP contribution in [0.2, 0.25) is 0 Å². The molecule has 0 aliphatic rings. The van der Waals surface area contributed by atoms with Gasteiger partial charge < -0.3 is 14.6 Å². The smallest absolute Gasteiger partial charge is 0.150 e. The Balaban J connectivity index is 2.66. The van der Waals surface area contributed by atoms with Crippen LogP contribution in [0.15, 0.2) is 18.2 Å². The minimum Gasteiger partial charge on any atom is -0.497 e. The minimum atomic E-state index is -2.97. The molecular formula is C14H22O5S. The Kier molecular flexibility index (Phi) is 6.29. The summed E-state index contributed by atoms with van der Waals surface area (Å²) in [5, 5.41) is 9.68. The lowest BCUT2D eigenvalue weighted by molar-refractivity contribution is 0.191. The summed E-state index contributed by atoms with van der Waals surface area (Å²) < 4.78 is 33.4. The van der Waals surface area contributed by atoms with Crippen molar-refractivity contribution in [1.82, 2.24) is 0 Å². The topological polar surface area (TPSA) is 72.8 Å². The van der Waals surface area contributed by atoms with Crippen molar-refractivity contribution in [3.8, 4) is 11.5 Å². The van der Waals surface area contributed by atoms with E-state index in [1.807, 2.05) is 0 Å². The highest BCUT2D eigenvalue weighted by molar-refractivity contribution is 7.91. The highest BCUT2D eigenvalue weighted by atomic mass is 32.2. The van der Waals surface area contributed by atoms with Crippen LogP contribution in [0.1, 0.15) is 31.9 Å². The Labute approximate surface area is 120 Å². The number of hydrogen-bond acceptors (Lipinski definition) is 5. The van der Waals surface area contributed by atoms with Crippen LogP contribution in [0.4, 0.5) is 0 Å². The van der Waals surface area contributed by atoms with Gasteiger partial charge >= 0.3 is 0 Å². The summed E-state index contributed by atoms with van der Waals surface area (Å²) in [5.74, 6) is 1.40.